The van der Waals surface area contributed by atoms with Crippen molar-refractivity contribution in [2.75, 3.05) is 6.61 Å². The van der Waals surface area contributed by atoms with Gasteiger partial charge in [-0.05, 0) is 47.1 Å². The van der Waals surface area contributed by atoms with Crippen molar-refractivity contribution in [2.45, 2.75) is 64.0 Å². The van der Waals surface area contributed by atoms with Gasteiger partial charge in [-0.2, -0.15) is 10.5 Å². The zero-order chi connectivity index (χ0) is 22.7. The smallest absolute Gasteiger partial charge is 0.408 e. The molecule has 0 aromatic heterocycles. The molecule has 1 amide bonds. The normalized spacial score (nSPS) is 24.2. The van der Waals surface area contributed by atoms with Crippen LogP contribution in [0.15, 0.2) is 24.3 Å². The SMILES string of the molecule is CC(C)(C)OC(=O)N[C@@]1(c2ccccc2F)COC(C(C)(C)F)[C@H]1CC(C#N)C#N. The Balaban J connectivity index is 2.62. The second-order valence-corrected chi connectivity index (χ2v) is 9.03. The van der Waals surface area contributed by atoms with E-state index in [2.05, 4.69) is 5.32 Å². The summed E-state index contributed by atoms with van der Waals surface area (Å²) in [6.07, 6.45) is -2.03. The van der Waals surface area contributed by atoms with Crippen molar-refractivity contribution in [3.8, 4) is 12.1 Å². The molecule has 1 heterocycles. The molecule has 1 saturated heterocycles. The van der Waals surface area contributed by atoms with E-state index in [1.165, 1.54) is 32.0 Å². The molecule has 3 atom stereocenters. The summed E-state index contributed by atoms with van der Waals surface area (Å²) in [7, 11) is 0. The number of ether oxygens (including phenoxy) is 2. The molecular weight excluding hydrogens is 392 g/mol. The molecule has 1 aliphatic rings. The number of rotatable bonds is 5. The molecular formula is C22H27F2N3O3. The van der Waals surface area contributed by atoms with E-state index >= 15 is 4.39 Å². The van der Waals surface area contributed by atoms with Crippen LogP contribution in [-0.4, -0.2) is 30.1 Å². The number of carbonyl (C=O) groups is 1. The lowest BCUT2D eigenvalue weighted by Gasteiger charge is -2.39. The van der Waals surface area contributed by atoms with Gasteiger partial charge in [0.05, 0.1) is 24.8 Å². The lowest BCUT2D eigenvalue weighted by atomic mass is 9.71. The summed E-state index contributed by atoms with van der Waals surface area (Å²) >= 11 is 0. The van der Waals surface area contributed by atoms with Gasteiger partial charge in [0, 0.05) is 11.5 Å². The van der Waals surface area contributed by atoms with Crippen molar-refractivity contribution in [1.82, 2.24) is 5.32 Å². The Morgan fingerprint density at radius 1 is 1.30 bits per heavy atom. The quantitative estimate of drug-likeness (QED) is 0.765. The van der Waals surface area contributed by atoms with Gasteiger partial charge in [0.1, 0.15) is 28.5 Å². The fraction of sp³-hybridized carbons (Fsp3) is 0.591. The van der Waals surface area contributed by atoms with Crippen LogP contribution in [0.1, 0.15) is 46.6 Å². The van der Waals surface area contributed by atoms with Gasteiger partial charge >= 0.3 is 6.09 Å². The number of nitriles is 2. The molecule has 6 nitrogen and oxygen atoms in total. The van der Waals surface area contributed by atoms with E-state index in [1.807, 2.05) is 12.1 Å². The number of nitrogens with zero attached hydrogens (tertiary/aromatic N) is 2. The molecule has 0 spiro atoms. The number of halogens is 2. The predicted octanol–water partition coefficient (Wildman–Crippen LogP) is 4.36. The van der Waals surface area contributed by atoms with Crippen LogP contribution >= 0.6 is 0 Å². The van der Waals surface area contributed by atoms with Gasteiger partial charge in [-0.3, -0.25) is 0 Å². The number of hydrogen-bond acceptors (Lipinski definition) is 5. The second kappa shape index (κ2) is 8.57. The van der Waals surface area contributed by atoms with Gasteiger partial charge in [-0.25, -0.2) is 13.6 Å². The summed E-state index contributed by atoms with van der Waals surface area (Å²) in [5.74, 6) is -2.61. The molecule has 0 bridgehead atoms. The zero-order valence-electron chi connectivity index (χ0n) is 17.8. The molecule has 0 aliphatic carbocycles. The van der Waals surface area contributed by atoms with Crippen molar-refractivity contribution in [3.63, 3.8) is 0 Å². The maximum atomic E-state index is 15.0. The molecule has 0 saturated carbocycles. The lowest BCUT2D eigenvalue weighted by molar-refractivity contribution is -0.0266. The number of hydrogen-bond donors (Lipinski definition) is 1. The molecule has 1 N–H and O–H groups in total. The Labute approximate surface area is 175 Å². The van der Waals surface area contributed by atoms with E-state index in [0.29, 0.717) is 0 Å². The summed E-state index contributed by atoms with van der Waals surface area (Å²) in [6.45, 7) is 7.42. The van der Waals surface area contributed by atoms with Crippen LogP contribution in [0.25, 0.3) is 0 Å². The first-order valence-electron chi connectivity index (χ1n) is 9.70. The van der Waals surface area contributed by atoms with Gasteiger partial charge in [-0.1, -0.05) is 18.2 Å². The van der Waals surface area contributed by atoms with Gasteiger partial charge in [0.25, 0.3) is 0 Å². The highest BCUT2D eigenvalue weighted by Gasteiger charge is 2.58. The molecule has 1 aromatic carbocycles. The minimum absolute atomic E-state index is 0.0854. The number of nitrogens with one attached hydrogen (secondary N) is 1. The summed E-state index contributed by atoms with van der Waals surface area (Å²) < 4.78 is 41.1. The average molecular weight is 419 g/mol. The van der Waals surface area contributed by atoms with Gasteiger partial charge < -0.3 is 14.8 Å². The molecule has 1 aliphatic heterocycles. The first-order chi connectivity index (χ1) is 13.8. The molecule has 162 valence electrons. The molecule has 30 heavy (non-hydrogen) atoms. The molecule has 8 heteroatoms. The van der Waals surface area contributed by atoms with Crippen molar-refractivity contribution in [3.05, 3.63) is 35.6 Å². The van der Waals surface area contributed by atoms with Crippen molar-refractivity contribution in [2.24, 2.45) is 11.8 Å². The third-order valence-corrected chi connectivity index (χ3v) is 5.05. The fourth-order valence-electron chi connectivity index (χ4n) is 3.87. The molecule has 2 rings (SSSR count). The van der Waals surface area contributed by atoms with Gasteiger partial charge in [-0.15, -0.1) is 0 Å². The van der Waals surface area contributed by atoms with Crippen LogP contribution < -0.4 is 5.32 Å². The van der Waals surface area contributed by atoms with E-state index < -0.39 is 46.7 Å². The topological polar surface area (TPSA) is 95.1 Å². The Bertz CT molecular complexity index is 850. The molecule has 1 unspecified atom stereocenters. The Hall–Kier alpha value is -2.71. The maximum absolute atomic E-state index is 15.0. The predicted molar refractivity (Wildman–Crippen MR) is 105 cm³/mol. The van der Waals surface area contributed by atoms with Crippen LogP contribution in [-0.2, 0) is 15.0 Å². The minimum Gasteiger partial charge on any atom is -0.444 e. The van der Waals surface area contributed by atoms with E-state index in [1.54, 1.807) is 26.8 Å². The molecule has 1 fully saturated rings. The van der Waals surface area contributed by atoms with E-state index in [9.17, 15) is 19.7 Å². The Kier molecular flexibility index (Phi) is 6.73. The lowest BCUT2D eigenvalue weighted by Crippen LogP contribution is -2.55. The minimum atomic E-state index is -1.87. The zero-order valence-corrected chi connectivity index (χ0v) is 17.8. The fourth-order valence-corrected chi connectivity index (χ4v) is 3.87. The Morgan fingerprint density at radius 3 is 2.40 bits per heavy atom. The summed E-state index contributed by atoms with van der Waals surface area (Å²) in [5, 5.41) is 21.3. The van der Waals surface area contributed by atoms with Gasteiger partial charge in [0.15, 0.2) is 0 Å². The highest BCUT2D eigenvalue weighted by molar-refractivity contribution is 5.69. The second-order valence-electron chi connectivity index (χ2n) is 9.03. The van der Waals surface area contributed by atoms with Crippen molar-refractivity contribution in [1.29, 1.82) is 10.5 Å². The maximum Gasteiger partial charge on any atom is 0.408 e. The monoisotopic (exact) mass is 419 g/mol. The highest BCUT2D eigenvalue weighted by atomic mass is 19.1. The number of alkyl halides is 1. The van der Waals surface area contributed by atoms with E-state index in [-0.39, 0.29) is 18.6 Å². The van der Waals surface area contributed by atoms with E-state index in [4.69, 9.17) is 9.47 Å². The van der Waals surface area contributed by atoms with Gasteiger partial charge in [0.2, 0.25) is 0 Å². The number of alkyl carbamates (subject to hydrolysis) is 1. The number of carbonyl (C=O) groups excluding carboxylic acids is 1. The third kappa shape index (κ3) is 5.06. The summed E-state index contributed by atoms with van der Waals surface area (Å²) in [6, 6.07) is 9.53. The average Bonchev–Trinajstić information content (AvgIpc) is 2.97. The standard InChI is InChI=1S/C22H27F2N3O3/c1-20(2,3)30-19(28)27-22(15-8-6-7-9-17(15)23)13-29-18(21(4,5)24)16(22)10-14(11-25)12-26/h6-9,14,16,18H,10,13H2,1-5H3,(H,27,28)/t16-,18?,22-/m1/s1. The van der Waals surface area contributed by atoms with Crippen LogP contribution in [0.4, 0.5) is 13.6 Å². The van der Waals surface area contributed by atoms with Crippen LogP contribution in [0.5, 0.6) is 0 Å². The van der Waals surface area contributed by atoms with Crippen LogP contribution in [0.2, 0.25) is 0 Å². The van der Waals surface area contributed by atoms with Crippen molar-refractivity contribution >= 4 is 6.09 Å². The Morgan fingerprint density at radius 2 is 1.90 bits per heavy atom. The number of amides is 1. The molecule has 1 aromatic rings. The number of benzene rings is 1. The first kappa shape index (κ1) is 23.6. The third-order valence-electron chi connectivity index (χ3n) is 5.05. The largest absolute Gasteiger partial charge is 0.444 e. The summed E-state index contributed by atoms with van der Waals surface area (Å²) in [5.41, 5.74) is -4.13. The first-order valence-corrected chi connectivity index (χ1v) is 9.70. The summed E-state index contributed by atoms with van der Waals surface area (Å²) in [4.78, 5) is 12.7. The highest BCUT2D eigenvalue weighted by Crippen LogP contribution is 2.47. The molecule has 0 radical (unpaired) electrons. The van der Waals surface area contributed by atoms with Crippen LogP contribution in [0.3, 0.4) is 0 Å². The van der Waals surface area contributed by atoms with E-state index in [0.717, 1.165) is 0 Å². The van der Waals surface area contributed by atoms with Crippen molar-refractivity contribution < 1.29 is 23.0 Å². The van der Waals surface area contributed by atoms with Crippen LogP contribution in [0, 0.1) is 40.3 Å².